The Labute approximate surface area is 235 Å². The minimum atomic E-state index is -0.990. The van der Waals surface area contributed by atoms with Crippen LogP contribution < -0.4 is 18.9 Å². The van der Waals surface area contributed by atoms with E-state index in [9.17, 15) is 14.7 Å². The number of rotatable bonds is 17. The zero-order chi connectivity index (χ0) is 28.6. The van der Waals surface area contributed by atoms with Crippen LogP contribution in [0.1, 0.15) is 25.3 Å². The van der Waals surface area contributed by atoms with Crippen LogP contribution in [-0.4, -0.2) is 68.2 Å². The first-order valence-corrected chi connectivity index (χ1v) is 13.3. The van der Waals surface area contributed by atoms with Gasteiger partial charge in [-0.05, 0) is 73.9 Å². The maximum Gasteiger partial charge on any atom is 0.415 e. The van der Waals surface area contributed by atoms with Crippen LogP contribution in [0.2, 0.25) is 0 Å². The van der Waals surface area contributed by atoms with E-state index in [1.165, 1.54) is 0 Å². The van der Waals surface area contributed by atoms with E-state index in [0.717, 1.165) is 24.2 Å². The van der Waals surface area contributed by atoms with E-state index in [1.807, 2.05) is 42.5 Å². The fourth-order valence-electron chi connectivity index (χ4n) is 3.84. The van der Waals surface area contributed by atoms with Crippen LogP contribution in [0.15, 0.2) is 78.9 Å². The number of nitrogens with zero attached hydrogens (tertiary/aromatic N) is 1. The fourth-order valence-corrected chi connectivity index (χ4v) is 3.84. The number of unbranched alkanes of at least 4 members (excludes halogenated alkanes) is 1. The highest BCUT2D eigenvalue weighted by Gasteiger charge is 2.18. The Morgan fingerprint density at radius 1 is 0.775 bits per heavy atom. The maximum absolute atomic E-state index is 13.0. The third-order valence-electron chi connectivity index (χ3n) is 5.97. The SMILES string of the molecule is CCOC(Cc1ccc(OCCN(CCCCOc2ccccc2)C(=O)Oc2ccc(OC)cc2)cc1)C(=O)O. The first kappa shape index (κ1) is 30.3. The highest BCUT2D eigenvalue weighted by atomic mass is 16.6. The van der Waals surface area contributed by atoms with Crippen LogP contribution in [0.3, 0.4) is 0 Å². The standard InChI is InChI=1S/C31H37NO8/c1-3-37-29(30(33)34)23-24-11-13-27(14-12-24)39-22-20-32(19-7-8-21-38-26-9-5-4-6-10-26)31(35)40-28-17-15-25(36-2)16-18-28/h4-6,9-18,29H,3,7-8,19-23H2,1-2H3,(H,33,34). The molecular weight excluding hydrogens is 514 g/mol. The molecule has 0 fully saturated rings. The molecule has 0 saturated carbocycles. The smallest absolute Gasteiger partial charge is 0.415 e. The van der Waals surface area contributed by atoms with Gasteiger partial charge < -0.3 is 33.7 Å². The first-order chi connectivity index (χ1) is 19.5. The van der Waals surface area contributed by atoms with Crippen molar-refractivity contribution >= 4 is 12.1 Å². The van der Waals surface area contributed by atoms with Gasteiger partial charge in [-0.1, -0.05) is 30.3 Å². The molecule has 1 unspecified atom stereocenters. The third-order valence-corrected chi connectivity index (χ3v) is 5.97. The number of ether oxygens (including phenoxy) is 5. The second-order valence-electron chi connectivity index (χ2n) is 8.88. The molecule has 0 radical (unpaired) electrons. The lowest BCUT2D eigenvalue weighted by Gasteiger charge is -2.22. The molecule has 0 aromatic heterocycles. The summed E-state index contributed by atoms with van der Waals surface area (Å²) in [7, 11) is 1.57. The normalized spacial score (nSPS) is 11.3. The summed E-state index contributed by atoms with van der Waals surface area (Å²) in [6, 6.07) is 23.6. The number of para-hydroxylation sites is 1. The summed E-state index contributed by atoms with van der Waals surface area (Å²) in [5.74, 6) is 1.54. The van der Waals surface area contributed by atoms with E-state index in [2.05, 4.69) is 0 Å². The number of aliphatic carboxylic acids is 1. The maximum atomic E-state index is 13.0. The van der Waals surface area contributed by atoms with Gasteiger partial charge in [-0.25, -0.2) is 9.59 Å². The van der Waals surface area contributed by atoms with Crippen molar-refractivity contribution in [2.45, 2.75) is 32.3 Å². The van der Waals surface area contributed by atoms with Crippen LogP contribution >= 0.6 is 0 Å². The summed E-state index contributed by atoms with van der Waals surface area (Å²) >= 11 is 0. The minimum Gasteiger partial charge on any atom is -0.497 e. The number of carbonyl (C=O) groups excluding carboxylic acids is 1. The molecule has 9 heteroatoms. The number of amides is 1. The van der Waals surface area contributed by atoms with E-state index in [-0.39, 0.29) is 13.0 Å². The van der Waals surface area contributed by atoms with Crippen molar-refractivity contribution in [1.82, 2.24) is 4.90 Å². The molecule has 0 spiro atoms. The number of methoxy groups -OCH3 is 1. The van der Waals surface area contributed by atoms with E-state index < -0.39 is 18.2 Å². The lowest BCUT2D eigenvalue weighted by Crippen LogP contribution is -2.37. The summed E-state index contributed by atoms with van der Waals surface area (Å²) in [4.78, 5) is 25.9. The van der Waals surface area contributed by atoms with Gasteiger partial charge in [0.25, 0.3) is 0 Å². The minimum absolute atomic E-state index is 0.258. The Hall–Kier alpha value is -4.24. The van der Waals surface area contributed by atoms with Crippen molar-refractivity contribution in [2.75, 3.05) is 40.0 Å². The quantitative estimate of drug-likeness (QED) is 0.221. The Morgan fingerprint density at radius 3 is 2.05 bits per heavy atom. The molecule has 0 heterocycles. The molecule has 40 heavy (non-hydrogen) atoms. The van der Waals surface area contributed by atoms with Gasteiger partial charge >= 0.3 is 12.1 Å². The second-order valence-corrected chi connectivity index (χ2v) is 8.88. The van der Waals surface area contributed by atoms with Gasteiger partial charge in [-0.15, -0.1) is 0 Å². The van der Waals surface area contributed by atoms with Gasteiger partial charge in [0, 0.05) is 19.6 Å². The first-order valence-electron chi connectivity index (χ1n) is 13.3. The molecule has 1 atom stereocenters. The summed E-state index contributed by atoms with van der Waals surface area (Å²) in [6.45, 7) is 3.69. The molecule has 0 aliphatic heterocycles. The van der Waals surface area contributed by atoms with Gasteiger partial charge in [0.1, 0.15) is 29.6 Å². The molecule has 1 N–H and O–H groups in total. The van der Waals surface area contributed by atoms with Crippen LogP contribution in [-0.2, 0) is 16.0 Å². The molecule has 3 aromatic carbocycles. The van der Waals surface area contributed by atoms with Crippen LogP contribution in [0.4, 0.5) is 4.79 Å². The van der Waals surface area contributed by atoms with Gasteiger partial charge in [0.15, 0.2) is 6.10 Å². The van der Waals surface area contributed by atoms with Gasteiger partial charge in [-0.3, -0.25) is 0 Å². The average molecular weight is 552 g/mol. The molecule has 3 aromatic rings. The molecule has 0 saturated heterocycles. The number of carboxylic acids is 1. The van der Waals surface area contributed by atoms with Crippen LogP contribution in [0, 0.1) is 0 Å². The molecule has 0 aliphatic carbocycles. The lowest BCUT2D eigenvalue weighted by molar-refractivity contribution is -0.149. The van der Waals surface area contributed by atoms with E-state index >= 15 is 0 Å². The van der Waals surface area contributed by atoms with E-state index in [0.29, 0.717) is 43.6 Å². The fraction of sp³-hybridized carbons (Fsp3) is 0.355. The molecule has 214 valence electrons. The van der Waals surface area contributed by atoms with Crippen molar-refractivity contribution in [3.63, 3.8) is 0 Å². The van der Waals surface area contributed by atoms with Crippen molar-refractivity contribution in [1.29, 1.82) is 0 Å². The topological polar surface area (TPSA) is 104 Å². The zero-order valence-corrected chi connectivity index (χ0v) is 23.0. The molecular formula is C31H37NO8. The van der Waals surface area contributed by atoms with Crippen molar-refractivity contribution in [2.24, 2.45) is 0 Å². The van der Waals surface area contributed by atoms with Crippen LogP contribution in [0.25, 0.3) is 0 Å². The Bertz CT molecular complexity index is 1150. The number of benzene rings is 3. The largest absolute Gasteiger partial charge is 0.497 e. The van der Waals surface area contributed by atoms with Crippen molar-refractivity contribution in [3.05, 3.63) is 84.4 Å². The summed E-state index contributed by atoms with van der Waals surface area (Å²) < 4.78 is 27.6. The highest BCUT2D eigenvalue weighted by molar-refractivity contribution is 5.72. The predicted molar refractivity (Wildman–Crippen MR) is 150 cm³/mol. The Morgan fingerprint density at radius 2 is 1.40 bits per heavy atom. The number of carbonyl (C=O) groups is 2. The molecule has 3 rings (SSSR count). The molecule has 9 nitrogen and oxygen atoms in total. The highest BCUT2D eigenvalue weighted by Crippen LogP contribution is 2.19. The van der Waals surface area contributed by atoms with E-state index in [4.69, 9.17) is 23.7 Å². The third kappa shape index (κ3) is 10.5. The molecule has 0 aliphatic rings. The number of hydrogen-bond acceptors (Lipinski definition) is 7. The molecule has 0 bridgehead atoms. The van der Waals surface area contributed by atoms with E-state index in [1.54, 1.807) is 55.3 Å². The Balaban J connectivity index is 1.52. The van der Waals surface area contributed by atoms with Gasteiger partial charge in [0.2, 0.25) is 0 Å². The van der Waals surface area contributed by atoms with Gasteiger partial charge in [0.05, 0.1) is 20.3 Å². The second kappa shape index (κ2) is 16.7. The van der Waals surface area contributed by atoms with Gasteiger partial charge in [-0.2, -0.15) is 0 Å². The van der Waals surface area contributed by atoms with Crippen LogP contribution in [0.5, 0.6) is 23.0 Å². The summed E-state index contributed by atoms with van der Waals surface area (Å²) in [5, 5.41) is 9.29. The molecule has 1 amide bonds. The van der Waals surface area contributed by atoms with Crippen molar-refractivity contribution < 1.29 is 38.4 Å². The number of hydrogen-bond donors (Lipinski definition) is 1. The number of carboxylic acid groups (broad SMARTS) is 1. The predicted octanol–water partition coefficient (Wildman–Crippen LogP) is 5.47. The Kier molecular flexibility index (Phi) is 12.6. The summed E-state index contributed by atoms with van der Waals surface area (Å²) in [6.07, 6.45) is 0.401. The van der Waals surface area contributed by atoms with Crippen molar-refractivity contribution in [3.8, 4) is 23.0 Å². The zero-order valence-electron chi connectivity index (χ0n) is 23.0. The monoisotopic (exact) mass is 551 g/mol. The summed E-state index contributed by atoms with van der Waals surface area (Å²) in [5.41, 5.74) is 0.829. The lowest BCUT2D eigenvalue weighted by atomic mass is 10.1. The average Bonchev–Trinajstić information content (AvgIpc) is 2.97.